The Morgan fingerprint density at radius 2 is 1.81 bits per heavy atom. The molecule has 1 aliphatic rings. The molecule has 0 radical (unpaired) electrons. The number of esters is 1. The molecule has 36 heavy (non-hydrogen) atoms. The van der Waals surface area contributed by atoms with E-state index < -0.39 is 23.7 Å². The number of aliphatic hydroxyl groups excluding tert-OH is 1. The summed E-state index contributed by atoms with van der Waals surface area (Å²) in [6, 6.07) is 8.51. The molecule has 0 spiro atoms. The van der Waals surface area contributed by atoms with Gasteiger partial charge in [0.1, 0.15) is 16.4 Å². The highest BCUT2D eigenvalue weighted by molar-refractivity contribution is 7.17. The number of aliphatic hydroxyl groups is 1. The number of hydrogen-bond acceptors (Lipinski definition) is 8. The zero-order valence-corrected chi connectivity index (χ0v) is 21.9. The third kappa shape index (κ3) is 4.34. The molecular weight excluding hydrogens is 527 g/mol. The maximum atomic E-state index is 13.3. The highest BCUT2D eigenvalue weighted by Gasteiger charge is 2.48. The summed E-state index contributed by atoms with van der Waals surface area (Å²) in [6.45, 7) is 3.34. The van der Waals surface area contributed by atoms with E-state index in [-0.39, 0.29) is 31.4 Å². The standard InChI is InChI=1S/C25H20Cl2N2O6S/c1-11-9-14(34-3)6-7-15(11)20(30)18-19(13-5-8-16(26)17(27)10-13)29(23(32)21(18)31)25-28-12(2)22(36-25)24(33)35-4/h5-10,19,30H,1-4H3/b20-18+/t19-/m0/s1. The summed E-state index contributed by atoms with van der Waals surface area (Å²) in [5, 5.41) is 11.9. The van der Waals surface area contributed by atoms with E-state index in [9.17, 15) is 19.5 Å². The molecule has 2 heterocycles. The number of aromatic nitrogens is 1. The third-order valence-electron chi connectivity index (χ3n) is 5.75. The van der Waals surface area contributed by atoms with Crippen LogP contribution < -0.4 is 9.64 Å². The van der Waals surface area contributed by atoms with E-state index in [1.807, 2.05) is 0 Å². The average Bonchev–Trinajstić information content (AvgIpc) is 3.36. The molecule has 11 heteroatoms. The normalized spacial score (nSPS) is 16.9. The van der Waals surface area contributed by atoms with Gasteiger partial charge in [0.25, 0.3) is 5.78 Å². The Kier molecular flexibility index (Phi) is 7.08. The number of anilines is 1. The van der Waals surface area contributed by atoms with Gasteiger partial charge in [0, 0.05) is 5.56 Å². The van der Waals surface area contributed by atoms with Gasteiger partial charge in [-0.2, -0.15) is 0 Å². The lowest BCUT2D eigenvalue weighted by Gasteiger charge is -2.23. The molecule has 1 saturated heterocycles. The molecule has 1 aromatic heterocycles. The van der Waals surface area contributed by atoms with Crippen LogP contribution in [0.2, 0.25) is 10.0 Å². The second-order valence-electron chi connectivity index (χ2n) is 7.93. The van der Waals surface area contributed by atoms with Gasteiger partial charge in [-0.1, -0.05) is 40.6 Å². The Morgan fingerprint density at radius 1 is 1.08 bits per heavy atom. The van der Waals surface area contributed by atoms with Gasteiger partial charge in [0.05, 0.1) is 41.6 Å². The van der Waals surface area contributed by atoms with Gasteiger partial charge in [-0.15, -0.1) is 0 Å². The summed E-state index contributed by atoms with van der Waals surface area (Å²) < 4.78 is 10.0. The van der Waals surface area contributed by atoms with Crippen molar-refractivity contribution in [3.8, 4) is 5.75 Å². The van der Waals surface area contributed by atoms with Crippen molar-refractivity contribution in [3.63, 3.8) is 0 Å². The maximum Gasteiger partial charge on any atom is 0.350 e. The van der Waals surface area contributed by atoms with Crippen molar-refractivity contribution in [3.05, 3.63) is 79.3 Å². The minimum atomic E-state index is -1.09. The van der Waals surface area contributed by atoms with Crippen LogP contribution in [0, 0.1) is 13.8 Å². The Hall–Kier alpha value is -3.40. The van der Waals surface area contributed by atoms with Gasteiger partial charge in [-0.25, -0.2) is 9.78 Å². The number of halogens is 2. The van der Waals surface area contributed by atoms with Crippen molar-refractivity contribution in [1.82, 2.24) is 4.98 Å². The van der Waals surface area contributed by atoms with Gasteiger partial charge in [-0.3, -0.25) is 14.5 Å². The summed E-state index contributed by atoms with van der Waals surface area (Å²) in [5.74, 6) is -2.24. The first-order chi connectivity index (χ1) is 17.1. The molecule has 0 aliphatic carbocycles. The minimum Gasteiger partial charge on any atom is -0.507 e. The molecule has 2 aromatic carbocycles. The Bertz CT molecular complexity index is 1450. The Labute approximate surface area is 220 Å². The molecule has 3 aromatic rings. The number of nitrogens with zero attached hydrogens (tertiary/aromatic N) is 2. The van der Waals surface area contributed by atoms with Gasteiger partial charge in [0.15, 0.2) is 5.13 Å². The van der Waals surface area contributed by atoms with Crippen LogP contribution in [0.1, 0.15) is 38.1 Å². The van der Waals surface area contributed by atoms with Crippen LogP contribution in [-0.2, 0) is 14.3 Å². The number of hydrogen-bond donors (Lipinski definition) is 1. The second-order valence-corrected chi connectivity index (χ2v) is 9.72. The smallest absolute Gasteiger partial charge is 0.350 e. The lowest BCUT2D eigenvalue weighted by atomic mass is 9.94. The highest BCUT2D eigenvalue weighted by atomic mass is 35.5. The topological polar surface area (TPSA) is 106 Å². The molecule has 8 nitrogen and oxygen atoms in total. The number of ketones is 1. The van der Waals surface area contributed by atoms with E-state index in [1.165, 1.54) is 26.4 Å². The number of benzene rings is 2. The first-order valence-electron chi connectivity index (χ1n) is 10.6. The van der Waals surface area contributed by atoms with E-state index in [1.54, 1.807) is 38.1 Å². The van der Waals surface area contributed by atoms with Crippen molar-refractivity contribution >= 4 is 63.1 Å². The average molecular weight is 547 g/mol. The van der Waals surface area contributed by atoms with Crippen LogP contribution in [0.3, 0.4) is 0 Å². The molecule has 0 unspecified atom stereocenters. The van der Waals surface area contributed by atoms with Crippen molar-refractivity contribution in [2.75, 3.05) is 19.1 Å². The molecule has 1 N–H and O–H groups in total. The maximum absolute atomic E-state index is 13.3. The van der Waals surface area contributed by atoms with E-state index in [0.717, 1.165) is 16.2 Å². The summed E-state index contributed by atoms with van der Waals surface area (Å²) in [4.78, 5) is 44.6. The first-order valence-corrected chi connectivity index (χ1v) is 12.1. The molecule has 0 bridgehead atoms. The number of carbonyl (C=O) groups is 3. The van der Waals surface area contributed by atoms with E-state index in [0.29, 0.717) is 28.1 Å². The zero-order valence-electron chi connectivity index (χ0n) is 19.6. The summed E-state index contributed by atoms with van der Waals surface area (Å²) in [6.07, 6.45) is 0. The lowest BCUT2D eigenvalue weighted by molar-refractivity contribution is -0.132. The quantitative estimate of drug-likeness (QED) is 0.195. The SMILES string of the molecule is COC(=O)c1sc(N2C(=O)C(=O)/C(=C(/O)c3ccc(OC)cc3C)[C@@H]2c2ccc(Cl)c(Cl)c2)nc1C. The number of carbonyl (C=O) groups excluding carboxylic acids is 3. The molecule has 0 saturated carbocycles. The minimum absolute atomic E-state index is 0.0941. The third-order valence-corrected chi connectivity index (χ3v) is 7.63. The number of ether oxygens (including phenoxy) is 2. The van der Waals surface area contributed by atoms with E-state index >= 15 is 0 Å². The van der Waals surface area contributed by atoms with Gasteiger partial charge < -0.3 is 14.6 Å². The lowest BCUT2D eigenvalue weighted by Crippen LogP contribution is -2.29. The summed E-state index contributed by atoms with van der Waals surface area (Å²) >= 11 is 13.3. The van der Waals surface area contributed by atoms with Crippen molar-refractivity contribution in [2.24, 2.45) is 0 Å². The number of rotatable bonds is 5. The molecule has 1 aliphatic heterocycles. The van der Waals surface area contributed by atoms with Crippen LogP contribution in [0.25, 0.3) is 5.76 Å². The van der Waals surface area contributed by atoms with Crippen LogP contribution in [0.5, 0.6) is 5.75 Å². The molecule has 1 amide bonds. The fourth-order valence-corrected chi connectivity index (χ4v) is 5.29. The fraction of sp³-hybridized carbons (Fsp3) is 0.200. The van der Waals surface area contributed by atoms with Crippen LogP contribution in [0.4, 0.5) is 5.13 Å². The monoisotopic (exact) mass is 546 g/mol. The van der Waals surface area contributed by atoms with Crippen molar-refractivity contribution in [1.29, 1.82) is 0 Å². The highest BCUT2D eigenvalue weighted by Crippen LogP contribution is 2.45. The molecule has 1 atom stereocenters. The molecule has 186 valence electrons. The molecular formula is C25H20Cl2N2O6S. The largest absolute Gasteiger partial charge is 0.507 e. The predicted octanol–water partition coefficient (Wildman–Crippen LogP) is 5.49. The van der Waals surface area contributed by atoms with Crippen LogP contribution in [-0.4, -0.2) is 42.0 Å². The Balaban J connectivity index is 1.97. The van der Waals surface area contributed by atoms with Gasteiger partial charge >= 0.3 is 11.9 Å². The number of aryl methyl sites for hydroxylation is 2. The first kappa shape index (κ1) is 25.7. The number of methoxy groups -OCH3 is 2. The molecule has 4 rings (SSSR count). The van der Waals surface area contributed by atoms with Gasteiger partial charge in [-0.05, 0) is 55.3 Å². The number of Topliss-reactive ketones (excluding diaryl/α,β-unsaturated/α-hetero) is 1. The predicted molar refractivity (Wildman–Crippen MR) is 137 cm³/mol. The number of amides is 1. The van der Waals surface area contributed by atoms with Crippen molar-refractivity contribution in [2.45, 2.75) is 19.9 Å². The zero-order chi connectivity index (χ0) is 26.3. The van der Waals surface area contributed by atoms with Crippen LogP contribution in [0.15, 0.2) is 42.0 Å². The van der Waals surface area contributed by atoms with Crippen LogP contribution >= 0.6 is 34.5 Å². The number of thiazole rings is 1. The van der Waals surface area contributed by atoms with E-state index in [2.05, 4.69) is 4.98 Å². The Morgan fingerprint density at radius 3 is 2.42 bits per heavy atom. The summed E-state index contributed by atoms with van der Waals surface area (Å²) in [5.41, 5.74) is 1.58. The second kappa shape index (κ2) is 9.93. The van der Waals surface area contributed by atoms with Gasteiger partial charge in [0.2, 0.25) is 0 Å². The van der Waals surface area contributed by atoms with Crippen molar-refractivity contribution < 1.29 is 29.0 Å². The fourth-order valence-electron chi connectivity index (χ4n) is 3.97. The summed E-state index contributed by atoms with van der Waals surface area (Å²) in [7, 11) is 2.75. The van der Waals surface area contributed by atoms with E-state index in [4.69, 9.17) is 32.7 Å². The molecule has 1 fully saturated rings.